The molecule has 3 aliphatic rings. The third-order valence-electron chi connectivity index (χ3n) is 13.1. The zero-order valence-corrected chi connectivity index (χ0v) is 53.8. The van der Waals surface area contributed by atoms with Crippen LogP contribution in [0, 0.1) is 0 Å². The van der Waals surface area contributed by atoms with Gasteiger partial charge in [0.2, 0.25) is 5.69 Å². The Balaban J connectivity index is 0. The molecule has 0 spiro atoms. The van der Waals surface area contributed by atoms with Crippen LogP contribution < -0.4 is 0 Å². The second-order valence-electron chi connectivity index (χ2n) is 20.0. The Morgan fingerprint density at radius 2 is 0.920 bits per heavy atom. The molecule has 2 aromatic heterocycles. The number of aromatic nitrogens is 2. The Kier molecular flexibility index (Phi) is 36.3. The van der Waals surface area contributed by atoms with Crippen molar-refractivity contribution >= 4 is 109 Å². The maximum absolute atomic E-state index is 12.7. The van der Waals surface area contributed by atoms with Crippen LogP contribution in [0.5, 0.6) is 0 Å². The predicted octanol–water partition coefficient (Wildman–Crippen LogP) is 8.14. The minimum absolute atomic E-state index is 0. The third kappa shape index (κ3) is 28.0. The molecule has 0 aliphatic carbocycles. The maximum atomic E-state index is 12.7. The van der Waals surface area contributed by atoms with Gasteiger partial charge in [-0.25, -0.2) is 18.4 Å². The predicted molar refractivity (Wildman–Crippen MR) is 326 cm³/mol. The van der Waals surface area contributed by atoms with Gasteiger partial charge in [-0.3, -0.25) is 28.4 Å². The zero-order chi connectivity index (χ0) is 66.1. The van der Waals surface area contributed by atoms with Crippen molar-refractivity contribution in [2.24, 2.45) is 4.99 Å². The van der Waals surface area contributed by atoms with Crippen LogP contribution >= 0.6 is 0 Å². The van der Waals surface area contributed by atoms with Crippen LogP contribution in [-0.2, 0) is 77.7 Å². The van der Waals surface area contributed by atoms with E-state index in [9.17, 15) is 40.6 Å². The van der Waals surface area contributed by atoms with Gasteiger partial charge in [-0.15, -0.1) is 50.5 Å². The molecule has 0 atom stereocenters. The molecular formula is C56H76N4O22S6. The molecule has 0 N–H and O–H groups in total. The third-order valence-corrected chi connectivity index (χ3v) is 15.2. The highest BCUT2D eigenvalue weighted by Crippen LogP contribution is 2.43. The van der Waals surface area contributed by atoms with Gasteiger partial charge in [-0.2, -0.15) is 13.0 Å². The Labute approximate surface area is 520 Å². The normalized spacial score (nSPS) is 13.8. The molecule has 7 rings (SSSR count). The minimum atomic E-state index is -4.26. The van der Waals surface area contributed by atoms with Gasteiger partial charge in [0, 0.05) is 67.5 Å². The van der Waals surface area contributed by atoms with Gasteiger partial charge < -0.3 is 4.55 Å². The standard InChI is InChI=1S/C27H34N2O5S.C24H28N2O2.C3H6O3S.2CH4.4O3S/c1-6-9-25(30)22-16-20(17-23(28-22)26(31)10-7-2)19-11-12-24-21(15-19)27(4,5)18(3)29(24)13-8-14-35(32,33)34;1-6-8-22(27)20-13-17(14-21(26-20)23(28)9-7-2)16-10-11-19-18(12-16)24(4,5)15(3)25-19;4-7(5)3-1-2-6-7;;;4*1-4(2)3/h11-12,15-17H,6-10,13-14H2,1-5H3;10-14H,6-9H2,1-5H3;1-3H2;2*1H4;;;;. The molecule has 0 unspecified atom stereocenters. The number of pyridine rings is 2. The van der Waals surface area contributed by atoms with Gasteiger partial charge in [0.1, 0.15) is 29.3 Å². The molecule has 1 fully saturated rings. The van der Waals surface area contributed by atoms with Crippen molar-refractivity contribution in [3.05, 3.63) is 94.6 Å². The lowest BCUT2D eigenvalue weighted by molar-refractivity contribution is -0.438. The van der Waals surface area contributed by atoms with E-state index in [1.165, 1.54) is 5.56 Å². The molecule has 26 nitrogen and oxygen atoms in total. The van der Waals surface area contributed by atoms with Crippen LogP contribution in [0.2, 0.25) is 0 Å². The van der Waals surface area contributed by atoms with E-state index in [1.54, 1.807) is 12.1 Å². The minimum Gasteiger partial charge on any atom is -0.748 e. The zero-order valence-electron chi connectivity index (χ0n) is 48.9. The Bertz CT molecular complexity index is 3720. The summed E-state index contributed by atoms with van der Waals surface area (Å²) in [6.45, 7) is 21.2. The van der Waals surface area contributed by atoms with Crippen LogP contribution in [0.3, 0.4) is 0 Å². The molecule has 0 amide bonds. The van der Waals surface area contributed by atoms with Crippen molar-refractivity contribution in [3.8, 4) is 22.3 Å². The van der Waals surface area contributed by atoms with E-state index in [2.05, 4.69) is 70.5 Å². The van der Waals surface area contributed by atoms with Gasteiger partial charge >= 0.3 is 42.4 Å². The summed E-state index contributed by atoms with van der Waals surface area (Å²) >= 11 is 0. The number of benzene rings is 2. The fraction of sp³-hybridized carbons (Fsp3) is 0.500. The first-order chi connectivity index (χ1) is 39.8. The fourth-order valence-electron chi connectivity index (χ4n) is 8.55. The largest absolute Gasteiger partial charge is 0.748 e. The number of fused-ring (bicyclic) bond motifs is 2. The first-order valence-electron chi connectivity index (χ1n) is 26.3. The number of ketones is 4. The maximum Gasteiger partial charge on any atom is 0.425 e. The van der Waals surface area contributed by atoms with E-state index in [-0.39, 0.29) is 61.0 Å². The highest BCUT2D eigenvalue weighted by Gasteiger charge is 2.43. The Hall–Kier alpha value is -6.94. The molecule has 1 saturated heterocycles. The molecule has 0 saturated carbocycles. The van der Waals surface area contributed by atoms with Crippen molar-refractivity contribution < 1.29 is 99.8 Å². The van der Waals surface area contributed by atoms with Gasteiger partial charge in [0.25, 0.3) is 10.1 Å². The van der Waals surface area contributed by atoms with E-state index in [4.69, 9.17) is 50.5 Å². The average Bonchev–Trinajstić information content (AvgIpc) is 2.19. The summed E-state index contributed by atoms with van der Waals surface area (Å²) in [4.78, 5) is 63.8. The fourth-order valence-corrected chi connectivity index (χ4v) is 9.99. The van der Waals surface area contributed by atoms with E-state index in [0.29, 0.717) is 80.9 Å². The second-order valence-corrected chi connectivity index (χ2v) is 24.9. The van der Waals surface area contributed by atoms with E-state index in [0.717, 1.165) is 63.5 Å². The summed E-state index contributed by atoms with van der Waals surface area (Å²) < 4.78 is 161. The highest BCUT2D eigenvalue weighted by atomic mass is 32.2. The van der Waals surface area contributed by atoms with Crippen molar-refractivity contribution in [1.82, 2.24) is 9.97 Å². The highest BCUT2D eigenvalue weighted by molar-refractivity contribution is 7.86. The quantitative estimate of drug-likeness (QED) is 0.0392. The summed E-state index contributed by atoms with van der Waals surface area (Å²) in [5.41, 5.74) is 10.8. The van der Waals surface area contributed by atoms with E-state index < -0.39 is 68.4 Å². The van der Waals surface area contributed by atoms with E-state index in [1.807, 2.05) is 71.0 Å². The summed E-state index contributed by atoms with van der Waals surface area (Å²) in [7, 11) is -19.8. The summed E-state index contributed by atoms with van der Waals surface area (Å²) in [6, 6.07) is 19.3. The number of Topliss-reactive ketones (excluding diaryl/α,β-unsaturated/α-hetero) is 4. The van der Waals surface area contributed by atoms with Gasteiger partial charge in [0.05, 0.1) is 33.6 Å². The van der Waals surface area contributed by atoms with Crippen LogP contribution in [0.15, 0.2) is 65.7 Å². The van der Waals surface area contributed by atoms with Crippen molar-refractivity contribution in [3.63, 3.8) is 0 Å². The van der Waals surface area contributed by atoms with Crippen molar-refractivity contribution in [1.29, 1.82) is 0 Å². The van der Waals surface area contributed by atoms with Crippen LogP contribution in [0.1, 0.15) is 201 Å². The van der Waals surface area contributed by atoms with Crippen LogP contribution in [-0.4, -0.2) is 146 Å². The topological polar surface area (TPSA) is 415 Å². The first kappa shape index (κ1) is 83.1. The Morgan fingerprint density at radius 1 is 0.568 bits per heavy atom. The Morgan fingerprint density at radius 3 is 1.23 bits per heavy atom. The van der Waals surface area contributed by atoms with Crippen molar-refractivity contribution in [2.45, 2.75) is 159 Å². The van der Waals surface area contributed by atoms with Gasteiger partial charge in [-0.1, -0.05) is 62.5 Å². The number of carbonyl (C=O) groups is 4. The lowest BCUT2D eigenvalue weighted by Gasteiger charge is -2.20. The molecular weight excluding hydrogens is 1270 g/mol. The summed E-state index contributed by atoms with van der Waals surface area (Å²) in [6.07, 6.45) is 5.43. The first-order valence-corrected chi connectivity index (χ1v) is 33.5. The number of hydrogen-bond donors (Lipinski definition) is 0. The molecule has 88 heavy (non-hydrogen) atoms. The molecule has 3 aliphatic heterocycles. The number of aliphatic imine (C=N–C) groups is 1. The van der Waals surface area contributed by atoms with Crippen LogP contribution in [0.4, 0.5) is 11.4 Å². The molecule has 0 radical (unpaired) electrons. The number of rotatable bonds is 18. The van der Waals surface area contributed by atoms with Gasteiger partial charge in [0.15, 0.2) is 28.8 Å². The number of nitrogens with zero attached hydrogens (tertiary/aromatic N) is 4. The summed E-state index contributed by atoms with van der Waals surface area (Å²) in [5, 5.41) is 0. The number of hydrogen-bond acceptors (Lipinski definition) is 25. The molecule has 4 aromatic rings. The lowest BCUT2D eigenvalue weighted by atomic mass is 9.81. The number of carbonyl (C=O) groups excluding carboxylic acids is 4. The summed E-state index contributed by atoms with van der Waals surface area (Å²) in [5.74, 6) is -0.390. The molecule has 488 valence electrons. The smallest absolute Gasteiger partial charge is 0.425 e. The second kappa shape index (κ2) is 38.5. The molecule has 2 aromatic carbocycles. The van der Waals surface area contributed by atoms with Gasteiger partial charge in [-0.05, 0) is 129 Å². The van der Waals surface area contributed by atoms with Crippen LogP contribution in [0.25, 0.3) is 22.3 Å². The molecule has 5 heterocycles. The lowest BCUT2D eigenvalue weighted by Crippen LogP contribution is -2.27. The average molecular weight is 1350 g/mol. The molecule has 32 heteroatoms. The van der Waals surface area contributed by atoms with E-state index >= 15 is 0 Å². The van der Waals surface area contributed by atoms with Crippen molar-refractivity contribution in [2.75, 3.05) is 24.7 Å². The SMILES string of the molecule is C.C.CCCC(=O)c1cc(-c2ccc3c(c2)C(C)(C)C(C)=N3)cc(C(=O)CCC)n1.CCCC(=O)c1cc(-c2ccc3c(c2)C(C)(C)C(C)=[N+]3CCCS(=O)(=O)[O-])cc(C(=O)CCC)n1.O=S(=O)=O.O=S(=O)=O.O=S(=O)=O.O=S(=O)=O.O=S1(=O)CCCO1. The monoisotopic (exact) mass is 1350 g/mol. The molecule has 0 bridgehead atoms.